The summed E-state index contributed by atoms with van der Waals surface area (Å²) in [5, 5.41) is 0. The number of nitrogens with two attached hydrogens (primary N) is 1. The summed E-state index contributed by atoms with van der Waals surface area (Å²) >= 11 is 0. The minimum Gasteiger partial charge on any atom is -0.342 e. The van der Waals surface area contributed by atoms with Crippen molar-refractivity contribution in [2.75, 3.05) is 13.6 Å². The van der Waals surface area contributed by atoms with E-state index in [0.717, 1.165) is 29.4 Å². The van der Waals surface area contributed by atoms with Crippen LogP contribution in [0.4, 0.5) is 0 Å². The van der Waals surface area contributed by atoms with Crippen molar-refractivity contribution in [1.29, 1.82) is 0 Å². The van der Waals surface area contributed by atoms with E-state index in [1.165, 1.54) is 0 Å². The lowest BCUT2D eigenvalue weighted by molar-refractivity contribution is -0.131. The van der Waals surface area contributed by atoms with Crippen LogP contribution in [0.2, 0.25) is 0 Å². The van der Waals surface area contributed by atoms with Crippen molar-refractivity contribution >= 4 is 29.3 Å². The molecule has 1 unspecified atom stereocenters. The number of hydrogen-bond acceptors (Lipinski definition) is 3. The highest BCUT2D eigenvalue weighted by Crippen LogP contribution is 2.13. The number of fused-ring (bicyclic) bond motifs is 1. The highest BCUT2D eigenvalue weighted by Gasteiger charge is 2.13. The number of aromatic nitrogens is 2. The lowest BCUT2D eigenvalue weighted by Crippen LogP contribution is -2.39. The van der Waals surface area contributed by atoms with Crippen molar-refractivity contribution in [3.05, 3.63) is 34.2 Å². The Labute approximate surface area is 135 Å². The minimum atomic E-state index is -0.199. The van der Waals surface area contributed by atoms with Gasteiger partial charge in [-0.3, -0.25) is 4.79 Å². The largest absolute Gasteiger partial charge is 0.342 e. The van der Waals surface area contributed by atoms with Crippen LogP contribution in [0.5, 0.6) is 0 Å². The molecular formula is C15H23ClN4O2. The van der Waals surface area contributed by atoms with E-state index >= 15 is 0 Å². The smallest absolute Gasteiger partial charge is 0.323 e. The summed E-state index contributed by atoms with van der Waals surface area (Å²) in [6.45, 7) is 2.41. The van der Waals surface area contributed by atoms with Crippen LogP contribution in [0.25, 0.3) is 11.0 Å². The van der Waals surface area contributed by atoms with Crippen LogP contribution < -0.4 is 11.4 Å². The van der Waals surface area contributed by atoms with Crippen molar-refractivity contribution < 1.29 is 4.79 Å². The van der Waals surface area contributed by atoms with Crippen molar-refractivity contribution in [1.82, 2.24) is 14.9 Å². The normalized spacial score (nSPS) is 12.0. The zero-order valence-corrected chi connectivity index (χ0v) is 13.7. The molecule has 1 atom stereocenters. The molecule has 0 radical (unpaired) electrons. The molecule has 2 rings (SSSR count). The number of H-pyrrole nitrogens is 2. The molecule has 0 bridgehead atoms. The van der Waals surface area contributed by atoms with Gasteiger partial charge in [0.2, 0.25) is 5.91 Å². The van der Waals surface area contributed by atoms with Crippen LogP contribution in [0.15, 0.2) is 23.0 Å². The molecule has 0 aliphatic rings. The zero-order valence-electron chi connectivity index (χ0n) is 12.9. The van der Waals surface area contributed by atoms with E-state index in [1.807, 2.05) is 25.1 Å². The molecule has 22 heavy (non-hydrogen) atoms. The lowest BCUT2D eigenvalue weighted by Gasteiger charge is -2.23. The van der Waals surface area contributed by atoms with Crippen molar-refractivity contribution in [2.24, 2.45) is 5.73 Å². The van der Waals surface area contributed by atoms with E-state index < -0.39 is 0 Å². The van der Waals surface area contributed by atoms with Gasteiger partial charge < -0.3 is 20.6 Å². The van der Waals surface area contributed by atoms with Crippen LogP contribution in [0, 0.1) is 0 Å². The molecule has 1 aromatic carbocycles. The highest BCUT2D eigenvalue weighted by molar-refractivity contribution is 5.85. The van der Waals surface area contributed by atoms with Crippen LogP contribution in [0.1, 0.15) is 25.3 Å². The maximum Gasteiger partial charge on any atom is 0.323 e. The fraction of sp³-hybridized carbons (Fsp3) is 0.467. The number of benzene rings is 1. The number of amides is 1. The van der Waals surface area contributed by atoms with Gasteiger partial charge in [0.1, 0.15) is 0 Å². The third-order valence-electron chi connectivity index (χ3n) is 3.83. The molecule has 0 fully saturated rings. The summed E-state index contributed by atoms with van der Waals surface area (Å²) in [5.74, 6) is 0.115. The van der Waals surface area contributed by atoms with Gasteiger partial charge in [-0.15, -0.1) is 12.4 Å². The Hall–Kier alpha value is -1.79. The second kappa shape index (κ2) is 8.00. The average Bonchev–Trinajstić information content (AvgIpc) is 2.84. The number of halogens is 1. The molecule has 6 nitrogen and oxygen atoms in total. The molecule has 1 amide bonds. The van der Waals surface area contributed by atoms with Crippen molar-refractivity contribution in [2.45, 2.75) is 32.2 Å². The van der Waals surface area contributed by atoms with Crippen LogP contribution in [-0.2, 0) is 11.2 Å². The summed E-state index contributed by atoms with van der Waals surface area (Å²) in [4.78, 5) is 30.3. The molecule has 0 spiro atoms. The van der Waals surface area contributed by atoms with E-state index in [9.17, 15) is 9.59 Å². The van der Waals surface area contributed by atoms with Gasteiger partial charge in [-0.2, -0.15) is 0 Å². The molecule has 2 aromatic rings. The van der Waals surface area contributed by atoms with Crippen LogP contribution in [0.3, 0.4) is 0 Å². The maximum absolute atomic E-state index is 12.0. The summed E-state index contributed by atoms with van der Waals surface area (Å²) in [6, 6.07) is 5.87. The first-order chi connectivity index (χ1) is 10.0. The van der Waals surface area contributed by atoms with Gasteiger partial charge in [0.05, 0.1) is 11.0 Å². The van der Waals surface area contributed by atoms with Gasteiger partial charge in [-0.05, 0) is 37.5 Å². The highest BCUT2D eigenvalue weighted by atomic mass is 35.5. The van der Waals surface area contributed by atoms with Crippen molar-refractivity contribution in [3.8, 4) is 0 Å². The summed E-state index contributed by atoms with van der Waals surface area (Å²) in [5.41, 5.74) is 8.08. The van der Waals surface area contributed by atoms with Gasteiger partial charge in [0.15, 0.2) is 0 Å². The first-order valence-corrected chi connectivity index (χ1v) is 7.18. The molecule has 4 N–H and O–H groups in total. The lowest BCUT2D eigenvalue weighted by atomic mass is 10.1. The molecule has 1 heterocycles. The molecule has 1 aromatic heterocycles. The fourth-order valence-electron chi connectivity index (χ4n) is 2.26. The molecule has 0 aliphatic heterocycles. The SMILES string of the molecule is CC(CN)N(C)C(=O)CCCc1ccc2[nH]c(=O)[nH]c2c1.Cl. The molecule has 7 heteroatoms. The van der Waals surface area contributed by atoms with E-state index in [2.05, 4.69) is 9.97 Å². The number of aromatic amines is 2. The predicted molar refractivity (Wildman–Crippen MR) is 90.4 cm³/mol. The Morgan fingerprint density at radius 1 is 1.32 bits per heavy atom. The van der Waals surface area contributed by atoms with Gasteiger partial charge in [0, 0.05) is 26.1 Å². The first-order valence-electron chi connectivity index (χ1n) is 7.18. The van der Waals surface area contributed by atoms with E-state index in [-0.39, 0.29) is 30.0 Å². The number of hydrogen-bond donors (Lipinski definition) is 3. The number of carbonyl (C=O) groups is 1. The standard InChI is InChI=1S/C15H22N4O2.ClH/c1-10(9-16)19(2)14(20)5-3-4-11-6-7-12-13(8-11)18-15(21)17-12;/h6-8,10H,3-5,9,16H2,1-2H3,(H2,17,18,21);1H. The van der Waals surface area contributed by atoms with E-state index in [0.29, 0.717) is 13.0 Å². The topological polar surface area (TPSA) is 95.0 Å². The predicted octanol–water partition coefficient (Wildman–Crippen LogP) is 1.41. The molecule has 0 aliphatic carbocycles. The number of carbonyl (C=O) groups excluding carboxylic acids is 1. The molecule has 0 saturated heterocycles. The quantitative estimate of drug-likeness (QED) is 0.749. The molecular weight excluding hydrogens is 304 g/mol. The number of likely N-dealkylation sites (N-methyl/N-ethyl adjacent to an activating group) is 1. The Morgan fingerprint density at radius 2 is 2.00 bits per heavy atom. The monoisotopic (exact) mass is 326 g/mol. The zero-order chi connectivity index (χ0) is 15.4. The number of nitrogens with one attached hydrogen (secondary N) is 2. The summed E-state index contributed by atoms with van der Waals surface area (Å²) in [7, 11) is 1.79. The Kier molecular flexibility index (Phi) is 6.64. The second-order valence-electron chi connectivity index (χ2n) is 5.40. The van der Waals surface area contributed by atoms with E-state index in [1.54, 1.807) is 11.9 Å². The first kappa shape index (κ1) is 18.3. The molecule has 122 valence electrons. The number of aryl methyl sites for hydroxylation is 1. The van der Waals surface area contributed by atoms with E-state index in [4.69, 9.17) is 5.73 Å². The Bertz CT molecular complexity index is 679. The Balaban J connectivity index is 0.00000242. The fourth-order valence-corrected chi connectivity index (χ4v) is 2.26. The third kappa shape index (κ3) is 4.35. The second-order valence-corrected chi connectivity index (χ2v) is 5.40. The van der Waals surface area contributed by atoms with Crippen LogP contribution in [-0.4, -0.2) is 40.4 Å². The molecule has 0 saturated carbocycles. The summed E-state index contributed by atoms with van der Waals surface area (Å²) in [6.07, 6.45) is 2.09. The average molecular weight is 327 g/mol. The van der Waals surface area contributed by atoms with Crippen molar-refractivity contribution in [3.63, 3.8) is 0 Å². The maximum atomic E-state index is 12.0. The number of rotatable bonds is 6. The Morgan fingerprint density at radius 3 is 2.68 bits per heavy atom. The van der Waals surface area contributed by atoms with Gasteiger partial charge >= 0.3 is 5.69 Å². The van der Waals surface area contributed by atoms with Gasteiger partial charge in [-0.25, -0.2) is 4.79 Å². The summed E-state index contributed by atoms with van der Waals surface area (Å²) < 4.78 is 0. The third-order valence-corrected chi connectivity index (χ3v) is 3.83. The number of nitrogens with zero attached hydrogens (tertiary/aromatic N) is 1. The minimum absolute atomic E-state index is 0. The van der Waals surface area contributed by atoms with Gasteiger partial charge in [-0.1, -0.05) is 6.07 Å². The van der Waals surface area contributed by atoms with Crippen LogP contribution >= 0.6 is 12.4 Å². The van der Waals surface area contributed by atoms with Gasteiger partial charge in [0.25, 0.3) is 0 Å². The number of imidazole rings is 1.